The van der Waals surface area contributed by atoms with Crippen LogP contribution in [0.15, 0.2) is 47.4 Å². The first-order chi connectivity index (χ1) is 10.6. The first-order valence-electron chi connectivity index (χ1n) is 7.64. The molecule has 114 valence electrons. The van der Waals surface area contributed by atoms with Gasteiger partial charge in [-0.2, -0.15) is 0 Å². The zero-order valence-corrected chi connectivity index (χ0v) is 15.1. The van der Waals surface area contributed by atoms with Gasteiger partial charge in [-0.3, -0.25) is 0 Å². The molecule has 0 radical (unpaired) electrons. The van der Waals surface area contributed by atoms with Crippen molar-refractivity contribution in [3.05, 3.63) is 48.0 Å². The molecular weight excluding hydrogens is 306 g/mol. The Morgan fingerprint density at radius 2 is 1.82 bits per heavy atom. The molecule has 0 bridgehead atoms. The number of fused-ring (bicyclic) bond motifs is 1. The zero-order valence-electron chi connectivity index (χ0n) is 13.5. The Kier molecular flexibility index (Phi) is 4.55. The molecule has 3 heteroatoms. The average molecular weight is 328 g/mol. The minimum absolute atomic E-state index is 0.526. The maximum atomic E-state index is 4.87. The maximum Gasteiger partial charge on any atom is 0.124 e. The third kappa shape index (κ3) is 2.92. The SMILES string of the molecule is CSc1ccc(C(C)C(C)C)c(-c2nc3ccccc3s2)c1. The Morgan fingerprint density at radius 1 is 1.05 bits per heavy atom. The van der Waals surface area contributed by atoms with E-state index >= 15 is 0 Å². The minimum atomic E-state index is 0.526. The van der Waals surface area contributed by atoms with Gasteiger partial charge in [0.25, 0.3) is 0 Å². The van der Waals surface area contributed by atoms with E-state index in [1.165, 1.54) is 20.7 Å². The van der Waals surface area contributed by atoms with Gasteiger partial charge in [-0.1, -0.05) is 39.0 Å². The molecule has 3 rings (SSSR count). The van der Waals surface area contributed by atoms with Crippen molar-refractivity contribution in [1.29, 1.82) is 0 Å². The lowest BCUT2D eigenvalue weighted by molar-refractivity contribution is 0.536. The van der Waals surface area contributed by atoms with E-state index in [9.17, 15) is 0 Å². The molecule has 1 nitrogen and oxygen atoms in total. The molecule has 1 aromatic heterocycles. The Balaban J connectivity index is 2.18. The van der Waals surface area contributed by atoms with Crippen molar-refractivity contribution in [2.24, 2.45) is 5.92 Å². The van der Waals surface area contributed by atoms with Crippen LogP contribution in [-0.2, 0) is 0 Å². The molecule has 0 N–H and O–H groups in total. The molecular formula is C19H21NS2. The highest BCUT2D eigenvalue weighted by Crippen LogP contribution is 2.38. The van der Waals surface area contributed by atoms with Crippen molar-refractivity contribution in [3.63, 3.8) is 0 Å². The second-order valence-electron chi connectivity index (χ2n) is 5.97. The van der Waals surface area contributed by atoms with E-state index in [4.69, 9.17) is 4.98 Å². The topological polar surface area (TPSA) is 12.9 Å². The molecule has 1 heterocycles. The molecule has 0 saturated carbocycles. The van der Waals surface area contributed by atoms with Crippen LogP contribution in [0.1, 0.15) is 32.3 Å². The summed E-state index contributed by atoms with van der Waals surface area (Å²) in [6.07, 6.45) is 2.13. The Hall–Kier alpha value is -1.32. The Labute approximate surface area is 140 Å². The predicted molar refractivity (Wildman–Crippen MR) is 100 cm³/mol. The summed E-state index contributed by atoms with van der Waals surface area (Å²) in [6.45, 7) is 6.89. The Bertz CT molecular complexity index is 756. The summed E-state index contributed by atoms with van der Waals surface area (Å²) in [4.78, 5) is 6.17. The molecule has 0 fully saturated rings. The van der Waals surface area contributed by atoms with E-state index in [2.05, 4.69) is 69.5 Å². The number of hydrogen-bond acceptors (Lipinski definition) is 3. The van der Waals surface area contributed by atoms with Gasteiger partial charge in [-0.05, 0) is 47.9 Å². The Morgan fingerprint density at radius 3 is 2.50 bits per heavy atom. The number of hydrogen-bond donors (Lipinski definition) is 0. The third-order valence-corrected chi connectivity index (χ3v) is 6.07. The maximum absolute atomic E-state index is 4.87. The highest BCUT2D eigenvalue weighted by atomic mass is 32.2. The number of aromatic nitrogens is 1. The van der Waals surface area contributed by atoms with E-state index in [0.717, 1.165) is 10.5 Å². The molecule has 3 aromatic rings. The average Bonchev–Trinajstić information content (AvgIpc) is 2.97. The lowest BCUT2D eigenvalue weighted by atomic mass is 9.87. The van der Waals surface area contributed by atoms with Gasteiger partial charge in [0, 0.05) is 10.5 Å². The van der Waals surface area contributed by atoms with E-state index < -0.39 is 0 Å². The van der Waals surface area contributed by atoms with Crippen LogP contribution in [0.3, 0.4) is 0 Å². The van der Waals surface area contributed by atoms with Crippen LogP contribution < -0.4 is 0 Å². The second-order valence-corrected chi connectivity index (χ2v) is 7.88. The highest BCUT2D eigenvalue weighted by molar-refractivity contribution is 7.98. The van der Waals surface area contributed by atoms with Crippen molar-refractivity contribution in [2.75, 3.05) is 6.26 Å². The first kappa shape index (κ1) is 15.6. The van der Waals surface area contributed by atoms with Crippen LogP contribution >= 0.6 is 23.1 Å². The van der Waals surface area contributed by atoms with Gasteiger partial charge in [0.05, 0.1) is 10.2 Å². The number of thiazole rings is 1. The third-order valence-electron chi connectivity index (χ3n) is 4.28. The predicted octanol–water partition coefficient (Wildman–Crippen LogP) is 6.44. The summed E-state index contributed by atoms with van der Waals surface area (Å²) in [5.41, 5.74) is 3.81. The number of thioether (sulfide) groups is 1. The molecule has 0 saturated heterocycles. The minimum Gasteiger partial charge on any atom is -0.236 e. The number of nitrogens with zero attached hydrogens (tertiary/aromatic N) is 1. The van der Waals surface area contributed by atoms with Gasteiger partial charge in [-0.15, -0.1) is 23.1 Å². The van der Waals surface area contributed by atoms with Crippen molar-refractivity contribution in [1.82, 2.24) is 4.98 Å². The van der Waals surface area contributed by atoms with Crippen LogP contribution in [0.5, 0.6) is 0 Å². The van der Waals surface area contributed by atoms with Crippen molar-refractivity contribution >= 4 is 33.3 Å². The van der Waals surface area contributed by atoms with Crippen LogP contribution in [0, 0.1) is 5.92 Å². The van der Waals surface area contributed by atoms with Crippen LogP contribution in [0.25, 0.3) is 20.8 Å². The van der Waals surface area contributed by atoms with Gasteiger partial charge >= 0.3 is 0 Å². The fourth-order valence-corrected chi connectivity index (χ4v) is 4.03. The van der Waals surface area contributed by atoms with E-state index in [0.29, 0.717) is 11.8 Å². The summed E-state index contributed by atoms with van der Waals surface area (Å²) in [6, 6.07) is 15.2. The van der Waals surface area contributed by atoms with Gasteiger partial charge in [-0.25, -0.2) is 4.98 Å². The second kappa shape index (κ2) is 6.43. The van der Waals surface area contributed by atoms with E-state index in [-0.39, 0.29) is 0 Å². The van der Waals surface area contributed by atoms with Crippen LogP contribution in [0.4, 0.5) is 0 Å². The van der Waals surface area contributed by atoms with Gasteiger partial charge in [0.2, 0.25) is 0 Å². The van der Waals surface area contributed by atoms with Crippen molar-refractivity contribution < 1.29 is 0 Å². The largest absolute Gasteiger partial charge is 0.236 e. The normalized spacial score (nSPS) is 13.0. The van der Waals surface area contributed by atoms with E-state index in [1.807, 2.05) is 0 Å². The van der Waals surface area contributed by atoms with Gasteiger partial charge < -0.3 is 0 Å². The van der Waals surface area contributed by atoms with E-state index in [1.54, 1.807) is 23.1 Å². The number of rotatable bonds is 4. The van der Waals surface area contributed by atoms with Gasteiger partial charge in [0.1, 0.15) is 5.01 Å². The van der Waals surface area contributed by atoms with Crippen molar-refractivity contribution in [2.45, 2.75) is 31.6 Å². The lowest BCUT2D eigenvalue weighted by Crippen LogP contribution is -2.04. The monoisotopic (exact) mass is 327 g/mol. The van der Waals surface area contributed by atoms with Gasteiger partial charge in [0.15, 0.2) is 0 Å². The standard InChI is InChI=1S/C19H21NS2/c1-12(2)13(3)15-10-9-14(21-4)11-16(15)19-20-17-7-5-6-8-18(17)22-19/h5-13H,1-4H3. The molecule has 0 amide bonds. The lowest BCUT2D eigenvalue weighted by Gasteiger charge is -2.19. The summed E-state index contributed by atoms with van der Waals surface area (Å²) >= 11 is 3.58. The number of para-hydroxylation sites is 1. The smallest absolute Gasteiger partial charge is 0.124 e. The molecule has 2 aromatic carbocycles. The molecule has 0 aliphatic rings. The van der Waals surface area contributed by atoms with Crippen LogP contribution in [0.2, 0.25) is 0 Å². The molecule has 22 heavy (non-hydrogen) atoms. The molecule has 0 spiro atoms. The summed E-state index contributed by atoms with van der Waals surface area (Å²) in [7, 11) is 0. The fourth-order valence-electron chi connectivity index (χ4n) is 2.59. The summed E-state index contributed by atoms with van der Waals surface area (Å²) in [5.74, 6) is 1.14. The molecule has 0 aliphatic heterocycles. The quantitative estimate of drug-likeness (QED) is 0.511. The molecule has 0 aliphatic carbocycles. The number of benzene rings is 2. The van der Waals surface area contributed by atoms with Crippen molar-refractivity contribution in [3.8, 4) is 10.6 Å². The summed E-state index contributed by atoms with van der Waals surface area (Å²) in [5, 5.41) is 1.14. The summed E-state index contributed by atoms with van der Waals surface area (Å²) < 4.78 is 1.26. The van der Waals surface area contributed by atoms with Crippen LogP contribution in [-0.4, -0.2) is 11.2 Å². The highest BCUT2D eigenvalue weighted by Gasteiger charge is 2.18. The molecule has 1 unspecified atom stereocenters. The first-order valence-corrected chi connectivity index (χ1v) is 9.68. The molecule has 1 atom stereocenters. The zero-order chi connectivity index (χ0) is 15.7. The fraction of sp³-hybridized carbons (Fsp3) is 0.316.